The van der Waals surface area contributed by atoms with E-state index in [1.807, 2.05) is 49.4 Å². The van der Waals surface area contributed by atoms with Crippen molar-refractivity contribution in [3.05, 3.63) is 92.9 Å². The second-order valence-electron chi connectivity index (χ2n) is 8.46. The normalized spacial score (nSPS) is 13.7. The van der Waals surface area contributed by atoms with Gasteiger partial charge in [0.2, 0.25) is 0 Å². The first-order valence-corrected chi connectivity index (χ1v) is 13.2. The number of ether oxygens (including phenoxy) is 2. The van der Waals surface area contributed by atoms with Gasteiger partial charge in [-0.3, -0.25) is 4.79 Å². The molecule has 1 aliphatic rings. The lowest BCUT2D eigenvalue weighted by Crippen LogP contribution is -2.49. The quantitative estimate of drug-likeness (QED) is 0.230. The summed E-state index contributed by atoms with van der Waals surface area (Å²) in [4.78, 5) is 17.1. The third-order valence-electron chi connectivity index (χ3n) is 5.98. The van der Waals surface area contributed by atoms with Crippen LogP contribution in [0.3, 0.4) is 0 Å². The van der Waals surface area contributed by atoms with E-state index >= 15 is 0 Å². The Kier molecular flexibility index (Phi) is 9.10. The zero-order valence-corrected chi connectivity index (χ0v) is 22.8. The number of amides is 1. The highest BCUT2D eigenvalue weighted by atomic mass is 79.9. The van der Waals surface area contributed by atoms with Crippen molar-refractivity contribution in [1.82, 2.24) is 4.90 Å². The summed E-state index contributed by atoms with van der Waals surface area (Å²) in [5.74, 6) is 0.588. The molecule has 0 aromatic heterocycles. The monoisotopic (exact) mass is 579 g/mol. The molecule has 1 saturated heterocycles. The van der Waals surface area contributed by atoms with Crippen LogP contribution < -0.4 is 14.4 Å². The molecule has 6 nitrogen and oxygen atoms in total. The third-order valence-corrected chi connectivity index (χ3v) is 6.79. The van der Waals surface area contributed by atoms with Crippen molar-refractivity contribution in [2.75, 3.05) is 37.7 Å². The number of rotatable bonds is 8. The smallest absolute Gasteiger partial charge is 0.264 e. The summed E-state index contributed by atoms with van der Waals surface area (Å²) < 4.78 is 12.8. The lowest BCUT2D eigenvalue weighted by Gasteiger charge is -2.36. The first kappa shape index (κ1) is 26.6. The van der Waals surface area contributed by atoms with Crippen LogP contribution in [-0.2, 0) is 11.4 Å². The van der Waals surface area contributed by atoms with Crippen LogP contribution >= 0.6 is 27.5 Å². The summed E-state index contributed by atoms with van der Waals surface area (Å²) in [6.45, 7) is 5.10. The molecule has 8 heteroatoms. The number of benzene rings is 3. The van der Waals surface area contributed by atoms with Crippen molar-refractivity contribution >= 4 is 45.2 Å². The van der Waals surface area contributed by atoms with Crippen LogP contribution in [0.5, 0.6) is 11.5 Å². The van der Waals surface area contributed by atoms with Crippen LogP contribution in [0.15, 0.2) is 76.8 Å². The number of nitriles is 1. The predicted octanol–water partition coefficient (Wildman–Crippen LogP) is 6.34. The number of halogens is 2. The van der Waals surface area contributed by atoms with E-state index in [1.165, 1.54) is 0 Å². The van der Waals surface area contributed by atoms with Crippen LogP contribution in [-0.4, -0.2) is 43.6 Å². The van der Waals surface area contributed by atoms with Crippen molar-refractivity contribution in [3.63, 3.8) is 0 Å². The zero-order chi connectivity index (χ0) is 26.2. The fourth-order valence-electron chi connectivity index (χ4n) is 4.10. The lowest BCUT2D eigenvalue weighted by atomic mass is 10.1. The molecule has 0 N–H and O–H groups in total. The standard InChI is InChI=1S/C29H27BrClN3O3/c1-2-36-27-18-22(17-26(31)28(27)37-20-21-8-10-24(30)11-9-21)16-23(19-32)29(35)34-14-12-33(13-15-34)25-6-4-3-5-7-25/h3-11,16-18H,2,12-15,20H2,1H3/b23-16-. The lowest BCUT2D eigenvalue weighted by molar-refractivity contribution is -0.126. The van der Waals surface area contributed by atoms with E-state index in [0.717, 1.165) is 15.7 Å². The molecule has 190 valence electrons. The SMILES string of the molecule is CCOc1cc(/C=C(/C#N)C(=O)N2CCN(c3ccccc3)CC2)cc(Cl)c1OCc1ccc(Br)cc1. The number of anilines is 1. The Labute approximate surface area is 230 Å². The summed E-state index contributed by atoms with van der Waals surface area (Å²) >= 11 is 9.99. The third kappa shape index (κ3) is 6.85. The fourth-order valence-corrected chi connectivity index (χ4v) is 4.63. The van der Waals surface area contributed by atoms with E-state index in [0.29, 0.717) is 61.5 Å². The second kappa shape index (κ2) is 12.7. The molecule has 3 aromatic rings. The molecule has 1 heterocycles. The van der Waals surface area contributed by atoms with Gasteiger partial charge < -0.3 is 19.3 Å². The zero-order valence-electron chi connectivity index (χ0n) is 20.5. The Morgan fingerprint density at radius 2 is 1.76 bits per heavy atom. The van der Waals surface area contributed by atoms with Crippen LogP contribution in [0.25, 0.3) is 6.08 Å². The fraction of sp³-hybridized carbons (Fsp3) is 0.241. The number of hydrogen-bond acceptors (Lipinski definition) is 5. The second-order valence-corrected chi connectivity index (χ2v) is 9.79. The van der Waals surface area contributed by atoms with Gasteiger partial charge in [-0.25, -0.2) is 0 Å². The van der Waals surface area contributed by atoms with Crippen molar-refractivity contribution in [3.8, 4) is 17.6 Å². The molecule has 0 saturated carbocycles. The summed E-state index contributed by atoms with van der Waals surface area (Å²) in [6.07, 6.45) is 1.55. The molecule has 1 amide bonds. The number of carbonyl (C=O) groups excluding carboxylic acids is 1. The van der Waals surface area contributed by atoms with Crippen molar-refractivity contribution in [2.24, 2.45) is 0 Å². The van der Waals surface area contributed by atoms with Crippen LogP contribution in [0, 0.1) is 11.3 Å². The molecule has 0 aliphatic carbocycles. The molecule has 0 spiro atoms. The molecule has 1 fully saturated rings. The molecular formula is C29H27BrClN3O3. The van der Waals surface area contributed by atoms with E-state index < -0.39 is 0 Å². The average Bonchev–Trinajstić information content (AvgIpc) is 2.92. The summed E-state index contributed by atoms with van der Waals surface area (Å²) in [7, 11) is 0. The molecule has 0 unspecified atom stereocenters. The minimum Gasteiger partial charge on any atom is -0.490 e. The highest BCUT2D eigenvalue weighted by molar-refractivity contribution is 9.10. The maximum Gasteiger partial charge on any atom is 0.264 e. The Bertz CT molecular complexity index is 1300. The van der Waals surface area contributed by atoms with Crippen LogP contribution in [0.4, 0.5) is 5.69 Å². The van der Waals surface area contributed by atoms with Crippen LogP contribution in [0.1, 0.15) is 18.1 Å². The number of hydrogen-bond donors (Lipinski definition) is 0. The van der Waals surface area contributed by atoms with Crippen LogP contribution in [0.2, 0.25) is 5.02 Å². The van der Waals surface area contributed by atoms with Gasteiger partial charge >= 0.3 is 0 Å². The molecule has 37 heavy (non-hydrogen) atoms. The Morgan fingerprint density at radius 1 is 1.05 bits per heavy atom. The molecule has 0 radical (unpaired) electrons. The molecule has 3 aromatic carbocycles. The number of carbonyl (C=O) groups is 1. The van der Waals surface area contributed by atoms with Gasteiger partial charge in [-0.1, -0.05) is 57.9 Å². The van der Waals surface area contributed by atoms with Gasteiger partial charge in [-0.05, 0) is 60.5 Å². The van der Waals surface area contributed by atoms with Gasteiger partial charge in [0.1, 0.15) is 18.2 Å². The topological polar surface area (TPSA) is 65.8 Å². The van der Waals surface area contributed by atoms with Gasteiger partial charge in [0.15, 0.2) is 11.5 Å². The summed E-state index contributed by atoms with van der Waals surface area (Å²) in [5.41, 5.74) is 2.76. The van der Waals surface area contributed by atoms with Crippen molar-refractivity contribution in [1.29, 1.82) is 5.26 Å². The highest BCUT2D eigenvalue weighted by Gasteiger charge is 2.24. The Morgan fingerprint density at radius 3 is 2.41 bits per heavy atom. The molecule has 0 atom stereocenters. The van der Waals surface area contributed by atoms with Gasteiger partial charge in [0.05, 0.1) is 11.6 Å². The van der Waals surface area contributed by atoms with Gasteiger partial charge in [0, 0.05) is 36.3 Å². The Hall–Kier alpha value is -3.47. The molecule has 0 bridgehead atoms. The Balaban J connectivity index is 1.48. The van der Waals surface area contributed by atoms with E-state index in [1.54, 1.807) is 23.1 Å². The number of nitrogens with zero attached hydrogens (tertiary/aromatic N) is 3. The average molecular weight is 581 g/mol. The minimum absolute atomic E-state index is 0.0511. The first-order chi connectivity index (χ1) is 18.0. The van der Waals surface area contributed by atoms with E-state index in [-0.39, 0.29) is 11.5 Å². The van der Waals surface area contributed by atoms with E-state index in [9.17, 15) is 10.1 Å². The van der Waals surface area contributed by atoms with Gasteiger partial charge in [0.25, 0.3) is 5.91 Å². The predicted molar refractivity (Wildman–Crippen MR) is 150 cm³/mol. The number of piperazine rings is 1. The van der Waals surface area contributed by atoms with E-state index in [4.69, 9.17) is 21.1 Å². The highest BCUT2D eigenvalue weighted by Crippen LogP contribution is 2.38. The number of para-hydroxylation sites is 1. The molecule has 1 aliphatic heterocycles. The maximum atomic E-state index is 13.1. The van der Waals surface area contributed by atoms with E-state index in [2.05, 4.69) is 39.0 Å². The van der Waals surface area contributed by atoms with Gasteiger partial charge in [-0.15, -0.1) is 0 Å². The molecule has 4 rings (SSSR count). The van der Waals surface area contributed by atoms with Crippen molar-refractivity contribution < 1.29 is 14.3 Å². The van der Waals surface area contributed by atoms with Crippen molar-refractivity contribution in [2.45, 2.75) is 13.5 Å². The summed E-state index contributed by atoms with van der Waals surface area (Å²) in [6, 6.07) is 23.4. The van der Waals surface area contributed by atoms with Gasteiger partial charge in [-0.2, -0.15) is 5.26 Å². The summed E-state index contributed by atoms with van der Waals surface area (Å²) in [5, 5.41) is 10.1. The molecular weight excluding hydrogens is 554 g/mol. The maximum absolute atomic E-state index is 13.1. The minimum atomic E-state index is -0.292. The largest absolute Gasteiger partial charge is 0.490 e. The first-order valence-electron chi connectivity index (χ1n) is 12.0.